The molecule has 0 radical (unpaired) electrons. The first-order valence-corrected chi connectivity index (χ1v) is 12.8. The van der Waals surface area contributed by atoms with Crippen LogP contribution in [-0.4, -0.2) is 32.4 Å². The third-order valence-electron chi connectivity index (χ3n) is 6.12. The van der Waals surface area contributed by atoms with Gasteiger partial charge >= 0.3 is 0 Å². The van der Waals surface area contributed by atoms with Crippen LogP contribution < -0.4 is 19.8 Å². The van der Waals surface area contributed by atoms with Gasteiger partial charge in [0.15, 0.2) is 0 Å². The molecule has 9 heteroatoms. The van der Waals surface area contributed by atoms with Gasteiger partial charge in [-0.3, -0.25) is 4.79 Å². The minimum Gasteiger partial charge on any atom is -0.497 e. The second-order valence-electron chi connectivity index (χ2n) is 8.17. The number of methoxy groups -OCH3 is 2. The van der Waals surface area contributed by atoms with E-state index in [1.807, 2.05) is 6.92 Å². The molecular weight excluding hydrogens is 454 g/mol. The second kappa shape index (κ2) is 9.99. The fourth-order valence-electron chi connectivity index (χ4n) is 4.26. The fourth-order valence-corrected chi connectivity index (χ4v) is 5.48. The molecule has 0 saturated carbocycles. The van der Waals surface area contributed by atoms with Crippen molar-refractivity contribution in [2.24, 2.45) is 0 Å². The Kier molecular flexibility index (Phi) is 7.04. The van der Waals surface area contributed by atoms with Crippen molar-refractivity contribution in [2.75, 3.05) is 14.2 Å². The normalized spacial score (nSPS) is 13.4. The molecule has 2 aromatic carbocycles. The van der Waals surface area contributed by atoms with E-state index in [0.717, 1.165) is 36.0 Å². The first-order chi connectivity index (χ1) is 16.4. The third-order valence-corrected chi connectivity index (χ3v) is 7.54. The summed E-state index contributed by atoms with van der Waals surface area (Å²) < 4.78 is 41.2. The minimum absolute atomic E-state index is 0.0293. The number of hydrogen-bond acceptors (Lipinski definition) is 6. The van der Waals surface area contributed by atoms with Crippen LogP contribution in [0.4, 0.5) is 0 Å². The molecule has 4 rings (SSSR count). The van der Waals surface area contributed by atoms with Crippen LogP contribution in [0.25, 0.3) is 11.3 Å². The average Bonchev–Trinajstić information content (AvgIpc) is 2.88. The smallest absolute Gasteiger partial charge is 0.270 e. The molecule has 1 aromatic heterocycles. The van der Waals surface area contributed by atoms with E-state index < -0.39 is 10.0 Å². The molecule has 0 spiro atoms. The van der Waals surface area contributed by atoms with E-state index in [0.29, 0.717) is 30.0 Å². The lowest BCUT2D eigenvalue weighted by Crippen LogP contribution is -2.30. The fraction of sp³-hybridized carbons (Fsp3) is 0.360. The van der Waals surface area contributed by atoms with Crippen molar-refractivity contribution in [3.63, 3.8) is 0 Å². The van der Waals surface area contributed by atoms with Gasteiger partial charge < -0.3 is 9.47 Å². The SMILES string of the molecule is CCn1nc(-c2ccc(OC)c(S(=O)(=O)NCc3ccc(OC)cc3)c2)c2c(c1=O)CCCC2. The van der Waals surface area contributed by atoms with Gasteiger partial charge in [-0.2, -0.15) is 5.10 Å². The van der Waals surface area contributed by atoms with Crippen molar-refractivity contribution in [3.8, 4) is 22.8 Å². The molecule has 1 N–H and O–H groups in total. The van der Waals surface area contributed by atoms with E-state index in [1.54, 1.807) is 49.6 Å². The molecule has 34 heavy (non-hydrogen) atoms. The van der Waals surface area contributed by atoms with Crippen LogP contribution in [0.15, 0.2) is 52.2 Å². The predicted octanol–water partition coefficient (Wildman–Crippen LogP) is 3.30. The number of aryl methyl sites for hydroxylation is 1. The van der Waals surface area contributed by atoms with Crippen LogP contribution in [0.3, 0.4) is 0 Å². The van der Waals surface area contributed by atoms with Gasteiger partial charge in [0.2, 0.25) is 10.0 Å². The first-order valence-electron chi connectivity index (χ1n) is 11.3. The second-order valence-corrected chi connectivity index (χ2v) is 9.91. The van der Waals surface area contributed by atoms with Gasteiger partial charge in [-0.15, -0.1) is 0 Å². The Morgan fingerprint density at radius 3 is 2.35 bits per heavy atom. The van der Waals surface area contributed by atoms with E-state index in [2.05, 4.69) is 9.82 Å². The van der Waals surface area contributed by atoms with Gasteiger partial charge in [0.1, 0.15) is 16.4 Å². The molecule has 0 amide bonds. The van der Waals surface area contributed by atoms with Crippen molar-refractivity contribution >= 4 is 10.0 Å². The molecule has 3 aromatic rings. The molecule has 0 unspecified atom stereocenters. The number of rotatable bonds is 8. The summed E-state index contributed by atoms with van der Waals surface area (Å²) in [6.45, 7) is 2.44. The molecule has 8 nitrogen and oxygen atoms in total. The predicted molar refractivity (Wildman–Crippen MR) is 130 cm³/mol. The number of hydrogen-bond donors (Lipinski definition) is 1. The van der Waals surface area contributed by atoms with Gasteiger partial charge in [-0.05, 0) is 74.1 Å². The van der Waals surface area contributed by atoms with E-state index in [9.17, 15) is 13.2 Å². The minimum atomic E-state index is -3.90. The van der Waals surface area contributed by atoms with Crippen LogP contribution in [0.1, 0.15) is 36.5 Å². The van der Waals surface area contributed by atoms with E-state index in [-0.39, 0.29) is 22.7 Å². The molecule has 0 aliphatic heterocycles. The van der Waals surface area contributed by atoms with Gasteiger partial charge in [-0.25, -0.2) is 17.8 Å². The summed E-state index contributed by atoms with van der Waals surface area (Å²) in [6, 6.07) is 12.2. The monoisotopic (exact) mass is 483 g/mol. The van der Waals surface area contributed by atoms with Crippen molar-refractivity contribution in [1.29, 1.82) is 0 Å². The molecule has 1 aliphatic carbocycles. The number of fused-ring (bicyclic) bond motifs is 1. The third kappa shape index (κ3) is 4.71. The van der Waals surface area contributed by atoms with Gasteiger partial charge in [-0.1, -0.05) is 12.1 Å². The Morgan fingerprint density at radius 2 is 1.71 bits per heavy atom. The summed E-state index contributed by atoms with van der Waals surface area (Å²) in [5.41, 5.74) is 3.75. The molecular formula is C25H29N3O5S. The van der Waals surface area contributed by atoms with Crippen molar-refractivity contribution in [1.82, 2.24) is 14.5 Å². The summed E-state index contributed by atoms with van der Waals surface area (Å²) in [7, 11) is -0.877. The zero-order valence-corrected chi connectivity index (χ0v) is 20.4. The number of benzene rings is 2. The van der Waals surface area contributed by atoms with Gasteiger partial charge in [0.05, 0.1) is 19.9 Å². The van der Waals surface area contributed by atoms with Crippen molar-refractivity contribution in [2.45, 2.75) is 50.6 Å². The molecule has 0 saturated heterocycles. The molecule has 180 valence electrons. The lowest BCUT2D eigenvalue weighted by molar-refractivity contribution is 0.402. The first kappa shape index (κ1) is 24.0. The maximum atomic E-state index is 13.3. The van der Waals surface area contributed by atoms with E-state index in [1.165, 1.54) is 11.8 Å². The van der Waals surface area contributed by atoms with Crippen molar-refractivity contribution < 1.29 is 17.9 Å². The van der Waals surface area contributed by atoms with Crippen molar-refractivity contribution in [3.05, 3.63) is 69.5 Å². The van der Waals surface area contributed by atoms with Gasteiger partial charge in [0, 0.05) is 24.2 Å². The number of aromatic nitrogens is 2. The van der Waals surface area contributed by atoms with E-state index >= 15 is 0 Å². The van der Waals surface area contributed by atoms with Crippen LogP contribution in [0.2, 0.25) is 0 Å². The van der Waals surface area contributed by atoms with E-state index in [4.69, 9.17) is 9.47 Å². The zero-order valence-electron chi connectivity index (χ0n) is 19.6. The summed E-state index contributed by atoms with van der Waals surface area (Å²) in [5.74, 6) is 0.939. The number of ether oxygens (including phenoxy) is 2. The molecule has 0 atom stereocenters. The molecule has 1 aliphatic rings. The quantitative estimate of drug-likeness (QED) is 0.528. The standard InChI is InChI=1S/C25H29N3O5S/c1-4-28-25(29)21-8-6-5-7-20(21)24(27-28)18-11-14-22(33-3)23(15-18)34(30,31)26-16-17-9-12-19(32-2)13-10-17/h9-15,26H,4-8,16H2,1-3H3. The Hall–Kier alpha value is -3.17. The Labute approximate surface area is 199 Å². The Bertz CT molecular complexity index is 1350. The summed E-state index contributed by atoms with van der Waals surface area (Å²) >= 11 is 0. The zero-order chi connectivity index (χ0) is 24.3. The molecule has 1 heterocycles. The molecule has 0 bridgehead atoms. The van der Waals surface area contributed by atoms with Crippen LogP contribution in [0.5, 0.6) is 11.5 Å². The highest BCUT2D eigenvalue weighted by Gasteiger charge is 2.24. The highest BCUT2D eigenvalue weighted by Crippen LogP contribution is 2.33. The maximum Gasteiger partial charge on any atom is 0.270 e. The Morgan fingerprint density at radius 1 is 1.00 bits per heavy atom. The topological polar surface area (TPSA) is 99.5 Å². The van der Waals surface area contributed by atoms with Gasteiger partial charge in [0.25, 0.3) is 5.56 Å². The number of sulfonamides is 1. The maximum absolute atomic E-state index is 13.3. The number of nitrogens with one attached hydrogen (secondary N) is 1. The van der Waals surface area contributed by atoms with Crippen LogP contribution >= 0.6 is 0 Å². The number of nitrogens with zero attached hydrogens (tertiary/aromatic N) is 2. The summed E-state index contributed by atoms with van der Waals surface area (Å²) in [5, 5.41) is 4.60. The summed E-state index contributed by atoms with van der Waals surface area (Å²) in [4.78, 5) is 12.8. The summed E-state index contributed by atoms with van der Waals surface area (Å²) in [6.07, 6.45) is 3.41. The highest BCUT2D eigenvalue weighted by molar-refractivity contribution is 7.89. The average molecular weight is 484 g/mol. The highest BCUT2D eigenvalue weighted by atomic mass is 32.2. The molecule has 0 fully saturated rings. The lowest BCUT2D eigenvalue weighted by atomic mass is 9.90. The lowest BCUT2D eigenvalue weighted by Gasteiger charge is -2.20. The van der Waals surface area contributed by atoms with Crippen LogP contribution in [-0.2, 0) is 36.0 Å². The Balaban J connectivity index is 1.73. The van der Waals surface area contributed by atoms with Crippen LogP contribution in [0, 0.1) is 0 Å². The largest absolute Gasteiger partial charge is 0.497 e.